The third kappa shape index (κ3) is 75.3. The summed E-state index contributed by atoms with van der Waals surface area (Å²) in [7, 11) is 0. The predicted molar refractivity (Wildman–Crippen MR) is 393 cm³/mol. The highest BCUT2D eigenvalue weighted by atomic mass is 16.5. The molecule has 89 heavy (non-hydrogen) atoms. The normalized spacial score (nSPS) is 12.5. The van der Waals surface area contributed by atoms with Gasteiger partial charge in [-0.2, -0.15) is 0 Å². The molecule has 528 valence electrons. The van der Waals surface area contributed by atoms with Crippen LogP contribution in [0, 0.1) is 0 Å². The van der Waals surface area contributed by atoms with Gasteiger partial charge in [0.1, 0.15) is 0 Å². The number of ether oxygens (including phenoxy) is 1. The maximum absolute atomic E-state index is 12.6. The van der Waals surface area contributed by atoms with Gasteiger partial charge in [-0.1, -0.05) is 430 Å². The molecule has 0 bridgehead atoms. The summed E-state index contributed by atoms with van der Waals surface area (Å²) in [5.41, 5.74) is 0. The largest absolute Gasteiger partial charge is 0.466 e. The Hall–Kier alpha value is -1.66. The van der Waals surface area contributed by atoms with Crippen molar-refractivity contribution in [1.29, 1.82) is 0 Å². The van der Waals surface area contributed by atoms with Crippen LogP contribution in [-0.2, 0) is 14.3 Å². The van der Waals surface area contributed by atoms with Gasteiger partial charge in [0.2, 0.25) is 5.91 Å². The lowest BCUT2D eigenvalue weighted by molar-refractivity contribution is -0.143. The third-order valence-electron chi connectivity index (χ3n) is 19.5. The van der Waals surface area contributed by atoms with Crippen molar-refractivity contribution in [2.24, 2.45) is 0 Å². The summed E-state index contributed by atoms with van der Waals surface area (Å²) in [6.07, 6.45) is 102. The first kappa shape index (κ1) is 87.3. The zero-order valence-electron chi connectivity index (χ0n) is 60.7. The Bertz CT molecular complexity index is 1400. The number of unbranched alkanes of at least 4 members (excludes halogenated alkanes) is 63. The molecule has 0 rings (SSSR count). The van der Waals surface area contributed by atoms with Crippen LogP contribution < -0.4 is 5.32 Å². The number of aliphatic hydroxyl groups is 2. The Labute approximate surface area is 558 Å². The molecular weight excluding hydrogens is 1090 g/mol. The minimum Gasteiger partial charge on any atom is -0.466 e. The number of allylic oxidation sites excluding steroid dienone is 4. The number of hydrogen-bond acceptors (Lipinski definition) is 5. The van der Waals surface area contributed by atoms with E-state index in [9.17, 15) is 19.8 Å². The van der Waals surface area contributed by atoms with E-state index >= 15 is 0 Å². The average molecular weight is 1250 g/mol. The number of nitrogens with one attached hydrogen (secondary N) is 1. The van der Waals surface area contributed by atoms with Crippen LogP contribution in [0.25, 0.3) is 0 Å². The number of esters is 1. The highest BCUT2D eigenvalue weighted by molar-refractivity contribution is 5.76. The lowest BCUT2D eigenvalue weighted by Crippen LogP contribution is -2.45. The first-order valence-electron chi connectivity index (χ1n) is 41.1. The smallest absolute Gasteiger partial charge is 0.305 e. The first-order valence-corrected chi connectivity index (χ1v) is 41.1. The highest BCUT2D eigenvalue weighted by Gasteiger charge is 2.20. The van der Waals surface area contributed by atoms with Gasteiger partial charge in [-0.25, -0.2) is 0 Å². The maximum atomic E-state index is 12.6. The number of carbonyl (C=O) groups excluding carboxylic acids is 2. The molecule has 1 amide bonds. The van der Waals surface area contributed by atoms with Crippen molar-refractivity contribution in [1.82, 2.24) is 5.32 Å². The molecule has 0 aromatic rings. The number of aliphatic hydroxyl groups excluding tert-OH is 2. The molecule has 2 unspecified atom stereocenters. The summed E-state index contributed by atoms with van der Waals surface area (Å²) in [5, 5.41) is 23.5. The molecule has 0 spiro atoms. The molecule has 0 heterocycles. The van der Waals surface area contributed by atoms with Crippen LogP contribution in [0.2, 0.25) is 0 Å². The van der Waals surface area contributed by atoms with E-state index in [0.717, 1.165) is 51.4 Å². The van der Waals surface area contributed by atoms with Crippen LogP contribution >= 0.6 is 0 Å². The second-order valence-corrected chi connectivity index (χ2v) is 28.5. The molecule has 0 saturated carbocycles. The summed E-state index contributed by atoms with van der Waals surface area (Å²) in [4.78, 5) is 24.6. The molecule has 0 aromatic heterocycles. The molecule has 0 radical (unpaired) electrons. The summed E-state index contributed by atoms with van der Waals surface area (Å²) in [6, 6.07) is -0.538. The minimum absolute atomic E-state index is 0.00879. The topological polar surface area (TPSA) is 95.9 Å². The van der Waals surface area contributed by atoms with Gasteiger partial charge in [0.15, 0.2) is 0 Å². The van der Waals surface area contributed by atoms with E-state index in [-0.39, 0.29) is 18.5 Å². The molecule has 0 aliphatic heterocycles. The van der Waals surface area contributed by atoms with Gasteiger partial charge in [-0.15, -0.1) is 0 Å². The van der Waals surface area contributed by atoms with E-state index in [1.54, 1.807) is 0 Å². The van der Waals surface area contributed by atoms with Crippen molar-refractivity contribution in [2.75, 3.05) is 13.2 Å². The van der Waals surface area contributed by atoms with Crippen molar-refractivity contribution in [3.63, 3.8) is 0 Å². The summed E-state index contributed by atoms with van der Waals surface area (Å²) in [5.74, 6) is -0.0147. The monoisotopic (exact) mass is 1250 g/mol. The summed E-state index contributed by atoms with van der Waals surface area (Å²) >= 11 is 0. The maximum Gasteiger partial charge on any atom is 0.305 e. The molecule has 0 fully saturated rings. The van der Waals surface area contributed by atoms with Crippen molar-refractivity contribution < 1.29 is 24.5 Å². The summed E-state index contributed by atoms with van der Waals surface area (Å²) in [6.45, 7) is 4.94. The van der Waals surface area contributed by atoms with E-state index in [1.165, 1.54) is 385 Å². The molecule has 0 aliphatic carbocycles. The number of rotatable bonds is 78. The van der Waals surface area contributed by atoms with Gasteiger partial charge < -0.3 is 20.3 Å². The number of hydrogen-bond donors (Lipinski definition) is 3. The van der Waals surface area contributed by atoms with Gasteiger partial charge in [-0.3, -0.25) is 9.59 Å². The van der Waals surface area contributed by atoms with Gasteiger partial charge in [0.25, 0.3) is 0 Å². The Kier molecular flexibility index (Phi) is 77.3. The molecule has 6 heteroatoms. The minimum atomic E-state index is -0.661. The average Bonchev–Trinajstić information content (AvgIpc) is 3.55. The van der Waals surface area contributed by atoms with Crippen molar-refractivity contribution >= 4 is 11.9 Å². The Morgan fingerprint density at radius 2 is 0.584 bits per heavy atom. The first-order chi connectivity index (χ1) is 44.0. The van der Waals surface area contributed by atoms with E-state index in [4.69, 9.17) is 4.74 Å². The fourth-order valence-electron chi connectivity index (χ4n) is 13.3. The van der Waals surface area contributed by atoms with Gasteiger partial charge in [-0.05, 0) is 51.4 Å². The van der Waals surface area contributed by atoms with Crippen LogP contribution in [0.4, 0.5) is 0 Å². The van der Waals surface area contributed by atoms with Gasteiger partial charge in [0, 0.05) is 12.8 Å². The molecule has 6 nitrogen and oxygen atoms in total. The van der Waals surface area contributed by atoms with E-state index in [2.05, 4.69) is 43.5 Å². The van der Waals surface area contributed by atoms with Crippen LogP contribution in [-0.4, -0.2) is 47.4 Å². The van der Waals surface area contributed by atoms with Gasteiger partial charge >= 0.3 is 5.97 Å². The Morgan fingerprint density at radius 1 is 0.315 bits per heavy atom. The van der Waals surface area contributed by atoms with Crippen molar-refractivity contribution in [2.45, 2.75) is 482 Å². The van der Waals surface area contributed by atoms with Crippen molar-refractivity contribution in [3.8, 4) is 0 Å². The molecule has 0 aromatic carbocycles. The summed E-state index contributed by atoms with van der Waals surface area (Å²) < 4.78 is 5.49. The third-order valence-corrected chi connectivity index (χ3v) is 19.5. The predicted octanol–water partition coefficient (Wildman–Crippen LogP) is 27.2. The molecule has 0 aliphatic rings. The van der Waals surface area contributed by atoms with E-state index < -0.39 is 12.1 Å². The quantitative estimate of drug-likeness (QED) is 0.0320. The van der Waals surface area contributed by atoms with Crippen LogP contribution in [0.5, 0.6) is 0 Å². The van der Waals surface area contributed by atoms with E-state index in [1.807, 2.05) is 0 Å². The molecule has 2 atom stereocenters. The van der Waals surface area contributed by atoms with E-state index in [0.29, 0.717) is 25.9 Å². The second-order valence-electron chi connectivity index (χ2n) is 28.5. The number of amides is 1. The lowest BCUT2D eigenvalue weighted by Gasteiger charge is -2.22. The second kappa shape index (κ2) is 78.8. The van der Waals surface area contributed by atoms with Gasteiger partial charge in [0.05, 0.1) is 25.4 Å². The standard InChI is InChI=1S/C83H161NO5/c1-3-5-7-9-11-13-15-17-18-19-20-21-39-42-45-48-52-55-59-63-67-71-75-81(86)80(79-85)84-82(87)76-72-68-64-60-56-53-49-46-43-40-37-35-33-31-29-27-25-23-22-24-26-28-30-32-34-36-38-41-44-47-50-54-58-62-66-70-74-78-89-83(88)77-73-69-65-61-57-51-16-14-12-10-8-6-4-2/h8,10,14,16,80-81,85-86H,3-7,9,11-13,15,17-79H2,1-2H3,(H,84,87)/b10-8-,16-14-. The highest BCUT2D eigenvalue weighted by Crippen LogP contribution is 2.21. The fourth-order valence-corrected chi connectivity index (χ4v) is 13.3. The van der Waals surface area contributed by atoms with Crippen LogP contribution in [0.1, 0.15) is 470 Å². The molecular formula is C83H161NO5. The molecule has 3 N–H and O–H groups in total. The molecule has 0 saturated heterocycles. The number of carbonyl (C=O) groups is 2. The zero-order chi connectivity index (χ0) is 64.2. The Morgan fingerprint density at radius 3 is 0.899 bits per heavy atom. The lowest BCUT2D eigenvalue weighted by atomic mass is 10.0. The SMILES string of the molecule is CCC/C=C\C/C=C\CCCCCCCC(=O)OCCCCCCCCCCCCCCCCCCCCCCCCCCCCCCCCCCCCCCCC(=O)NC(CO)C(O)CCCCCCCCCCCCCCCCCCCCCCCC. The van der Waals surface area contributed by atoms with Crippen LogP contribution in [0.3, 0.4) is 0 Å². The van der Waals surface area contributed by atoms with Crippen molar-refractivity contribution in [3.05, 3.63) is 24.3 Å². The zero-order valence-corrected chi connectivity index (χ0v) is 60.7. The van der Waals surface area contributed by atoms with Crippen LogP contribution in [0.15, 0.2) is 24.3 Å². The Balaban J connectivity index is 3.31. The fraction of sp³-hybridized carbons (Fsp3) is 0.928.